The van der Waals surface area contributed by atoms with Crippen molar-refractivity contribution in [3.05, 3.63) is 47.7 Å². The summed E-state index contributed by atoms with van der Waals surface area (Å²) in [5.41, 5.74) is 2.02. The van der Waals surface area contributed by atoms with E-state index in [9.17, 15) is 18.0 Å². The minimum absolute atomic E-state index is 0.0782. The van der Waals surface area contributed by atoms with E-state index in [1.165, 1.54) is 12.4 Å². The lowest BCUT2D eigenvalue weighted by Crippen LogP contribution is -2.23. The Hall–Kier alpha value is -3.17. The number of hydrogen-bond donors (Lipinski definition) is 1. The van der Waals surface area contributed by atoms with Crippen molar-refractivity contribution in [2.75, 3.05) is 13.2 Å². The lowest BCUT2D eigenvalue weighted by molar-refractivity contribution is -0.153. The van der Waals surface area contributed by atoms with Gasteiger partial charge in [0.1, 0.15) is 11.4 Å². The summed E-state index contributed by atoms with van der Waals surface area (Å²) in [5, 5.41) is 7.72. The minimum atomic E-state index is -4.41. The number of carbonyl (C=O) groups excluding carboxylic acids is 1. The Labute approximate surface area is 158 Å². The van der Waals surface area contributed by atoms with E-state index < -0.39 is 12.8 Å². The van der Waals surface area contributed by atoms with Gasteiger partial charge in [-0.25, -0.2) is 0 Å². The van der Waals surface area contributed by atoms with Crippen molar-refractivity contribution in [1.82, 2.24) is 25.1 Å². The number of rotatable bonds is 6. The van der Waals surface area contributed by atoms with Gasteiger partial charge in [-0.3, -0.25) is 19.4 Å². The maximum atomic E-state index is 12.3. The first kappa shape index (κ1) is 19.6. The zero-order valence-corrected chi connectivity index (χ0v) is 15.2. The van der Waals surface area contributed by atoms with Crippen molar-refractivity contribution in [2.24, 2.45) is 0 Å². The molecule has 0 bridgehead atoms. The van der Waals surface area contributed by atoms with Crippen molar-refractivity contribution in [1.29, 1.82) is 0 Å². The number of carbonyl (C=O) groups is 1. The Kier molecular flexibility index (Phi) is 5.48. The van der Waals surface area contributed by atoms with Crippen LogP contribution in [0.4, 0.5) is 13.2 Å². The largest absolute Gasteiger partial charge is 0.482 e. The number of nitrogens with zero attached hydrogens (tertiary/aromatic N) is 4. The molecular formula is C18H18F3N5O2. The summed E-state index contributed by atoms with van der Waals surface area (Å²) in [4.78, 5) is 20.4. The monoisotopic (exact) mass is 393 g/mol. The Balaban J connectivity index is 1.80. The zero-order chi connectivity index (χ0) is 20.3. The third-order valence-electron chi connectivity index (χ3n) is 3.87. The highest BCUT2D eigenvalue weighted by Crippen LogP contribution is 2.22. The molecule has 0 saturated heterocycles. The fourth-order valence-corrected chi connectivity index (χ4v) is 2.66. The topological polar surface area (TPSA) is 81.9 Å². The van der Waals surface area contributed by atoms with Gasteiger partial charge in [-0.2, -0.15) is 18.3 Å². The van der Waals surface area contributed by atoms with Crippen LogP contribution in [0.3, 0.4) is 0 Å². The van der Waals surface area contributed by atoms with Gasteiger partial charge in [0, 0.05) is 18.9 Å². The molecule has 0 atom stereocenters. The maximum absolute atomic E-state index is 12.3. The van der Waals surface area contributed by atoms with Crippen LogP contribution in [0.5, 0.6) is 5.75 Å². The van der Waals surface area contributed by atoms with Crippen LogP contribution in [-0.2, 0) is 6.54 Å². The molecule has 1 amide bonds. The molecule has 7 nitrogen and oxygen atoms in total. The summed E-state index contributed by atoms with van der Waals surface area (Å²) in [7, 11) is 0. The lowest BCUT2D eigenvalue weighted by atomic mass is 10.2. The molecule has 0 saturated carbocycles. The van der Waals surface area contributed by atoms with Crippen LogP contribution in [0.15, 0.2) is 30.7 Å². The van der Waals surface area contributed by atoms with Crippen LogP contribution in [0.1, 0.15) is 28.7 Å². The van der Waals surface area contributed by atoms with Crippen molar-refractivity contribution in [2.45, 2.75) is 26.6 Å². The number of halogens is 3. The number of nitrogens with one attached hydrogen (secondary N) is 1. The molecule has 0 aromatic carbocycles. The molecule has 3 aromatic heterocycles. The molecule has 0 spiro atoms. The third kappa shape index (κ3) is 4.56. The number of alkyl halides is 3. The number of aromatic nitrogens is 4. The quantitative estimate of drug-likeness (QED) is 0.697. The third-order valence-corrected chi connectivity index (χ3v) is 3.87. The minimum Gasteiger partial charge on any atom is -0.482 e. The number of ether oxygens (including phenoxy) is 1. The molecule has 28 heavy (non-hydrogen) atoms. The van der Waals surface area contributed by atoms with Gasteiger partial charge in [0.2, 0.25) is 0 Å². The molecule has 0 aliphatic rings. The van der Waals surface area contributed by atoms with E-state index in [1.807, 2.05) is 6.92 Å². The van der Waals surface area contributed by atoms with Gasteiger partial charge in [-0.15, -0.1) is 0 Å². The zero-order valence-electron chi connectivity index (χ0n) is 15.2. The highest BCUT2D eigenvalue weighted by molar-refractivity contribution is 6.04. The molecule has 3 heterocycles. The van der Waals surface area contributed by atoms with Crippen LogP contribution in [0, 0.1) is 6.92 Å². The van der Waals surface area contributed by atoms with Crippen molar-refractivity contribution in [3.8, 4) is 5.75 Å². The molecule has 0 aliphatic heterocycles. The fourth-order valence-electron chi connectivity index (χ4n) is 2.66. The lowest BCUT2D eigenvalue weighted by Gasteiger charge is -2.11. The van der Waals surface area contributed by atoms with Gasteiger partial charge in [0.25, 0.3) is 5.91 Å². The molecule has 148 valence electrons. The maximum Gasteiger partial charge on any atom is 0.422 e. The molecule has 10 heteroatoms. The molecule has 0 radical (unpaired) electrons. The summed E-state index contributed by atoms with van der Waals surface area (Å²) in [6.07, 6.45) is 0.0643. The van der Waals surface area contributed by atoms with Gasteiger partial charge in [0.05, 0.1) is 29.3 Å². The SMILES string of the molecule is CCNC(=O)c1nccc2nn(Cc3cc(C)c(OCC(F)(F)F)cn3)cc12. The Morgan fingerprint density at radius 1 is 1.32 bits per heavy atom. The van der Waals surface area contributed by atoms with E-state index in [1.54, 1.807) is 29.9 Å². The molecule has 3 aromatic rings. The van der Waals surface area contributed by atoms with Gasteiger partial charge in [-0.05, 0) is 31.5 Å². The Bertz CT molecular complexity index is 1000. The first-order valence-electron chi connectivity index (χ1n) is 8.52. The van der Waals surface area contributed by atoms with E-state index in [4.69, 9.17) is 4.74 Å². The van der Waals surface area contributed by atoms with E-state index in [2.05, 4.69) is 20.4 Å². The standard InChI is InChI=1S/C18H18F3N5O2/c1-3-22-17(27)16-13-9-26(25-14(13)4-5-23-16)8-12-6-11(2)15(7-24-12)28-10-18(19,20)21/h4-7,9H,3,8,10H2,1-2H3,(H,22,27). The van der Waals surface area contributed by atoms with Crippen molar-refractivity contribution >= 4 is 16.8 Å². The van der Waals surface area contributed by atoms with Gasteiger partial charge >= 0.3 is 6.18 Å². The summed E-state index contributed by atoms with van der Waals surface area (Å²) in [6, 6.07) is 3.34. The summed E-state index contributed by atoms with van der Waals surface area (Å²) >= 11 is 0. The highest BCUT2D eigenvalue weighted by Gasteiger charge is 2.28. The predicted molar refractivity (Wildman–Crippen MR) is 95.2 cm³/mol. The second-order valence-electron chi connectivity index (χ2n) is 6.12. The van der Waals surface area contributed by atoms with Crippen molar-refractivity contribution in [3.63, 3.8) is 0 Å². The first-order valence-corrected chi connectivity index (χ1v) is 8.52. The number of amides is 1. The molecule has 1 N–H and O–H groups in total. The molecule has 0 fully saturated rings. The normalized spacial score (nSPS) is 11.6. The van der Waals surface area contributed by atoms with Gasteiger partial charge < -0.3 is 10.1 Å². The average molecular weight is 393 g/mol. The number of pyridine rings is 2. The Morgan fingerprint density at radius 2 is 2.11 bits per heavy atom. The van der Waals surface area contributed by atoms with Crippen LogP contribution in [-0.4, -0.2) is 45.0 Å². The van der Waals surface area contributed by atoms with Crippen molar-refractivity contribution < 1.29 is 22.7 Å². The average Bonchev–Trinajstić information content (AvgIpc) is 3.02. The number of fused-ring (bicyclic) bond motifs is 1. The molecule has 0 aliphatic carbocycles. The van der Waals surface area contributed by atoms with E-state index in [0.29, 0.717) is 28.7 Å². The van der Waals surface area contributed by atoms with Gasteiger partial charge in [0.15, 0.2) is 6.61 Å². The molecular weight excluding hydrogens is 375 g/mol. The van der Waals surface area contributed by atoms with Gasteiger partial charge in [-0.1, -0.05) is 0 Å². The predicted octanol–water partition coefficient (Wildman–Crippen LogP) is 2.87. The Morgan fingerprint density at radius 3 is 2.79 bits per heavy atom. The highest BCUT2D eigenvalue weighted by atomic mass is 19.4. The second-order valence-corrected chi connectivity index (χ2v) is 6.12. The summed E-state index contributed by atoms with van der Waals surface area (Å²) in [5.74, 6) is -0.206. The fraction of sp³-hybridized carbons (Fsp3) is 0.333. The van der Waals surface area contributed by atoms with Crippen LogP contribution in [0.25, 0.3) is 10.9 Å². The second kappa shape index (κ2) is 7.83. The molecule has 3 rings (SSSR count). The smallest absolute Gasteiger partial charge is 0.422 e. The first-order chi connectivity index (χ1) is 13.3. The van der Waals surface area contributed by atoms with E-state index >= 15 is 0 Å². The number of hydrogen-bond acceptors (Lipinski definition) is 5. The van der Waals surface area contributed by atoms with E-state index in [-0.39, 0.29) is 23.9 Å². The summed E-state index contributed by atoms with van der Waals surface area (Å²) < 4.78 is 43.2. The van der Waals surface area contributed by atoms with Crippen LogP contribution < -0.4 is 10.1 Å². The van der Waals surface area contributed by atoms with Crippen LogP contribution in [0.2, 0.25) is 0 Å². The molecule has 0 unspecified atom stereocenters. The summed E-state index contributed by atoms with van der Waals surface area (Å²) in [6.45, 7) is 2.86. The van der Waals surface area contributed by atoms with E-state index in [0.717, 1.165) is 0 Å². The van der Waals surface area contributed by atoms with Crippen LogP contribution >= 0.6 is 0 Å². The number of aryl methyl sites for hydroxylation is 1.